The largest absolute Gasteiger partial charge is 0.208 e. The molecule has 5 heteroatoms. The average molecular weight is 600 g/mol. The maximum absolute atomic E-state index is 6.63. The number of hydrogen-bond donors (Lipinski definition) is 0. The fourth-order valence-corrected chi connectivity index (χ4v) is 7.70. The van der Waals surface area contributed by atoms with Gasteiger partial charge in [-0.2, -0.15) is 0 Å². The Morgan fingerprint density at radius 2 is 1.02 bits per heavy atom. The number of thiophene rings is 1. The quantitative estimate of drug-likeness (QED) is 0.190. The summed E-state index contributed by atoms with van der Waals surface area (Å²) >= 11 is 8.42. The Kier molecular flexibility index (Phi) is 5.73. The molecule has 0 atom stereocenters. The first-order valence-corrected chi connectivity index (χ1v) is 15.7. The molecule has 0 aliphatic carbocycles. The number of halogens is 1. The van der Waals surface area contributed by atoms with E-state index < -0.39 is 0 Å². The molecule has 9 rings (SSSR count). The summed E-state index contributed by atoms with van der Waals surface area (Å²) in [5.74, 6) is 1.90. The molecule has 7 aromatic carbocycles. The van der Waals surface area contributed by atoms with Gasteiger partial charge in [-0.3, -0.25) is 0 Å². The molecule has 206 valence electrons. The van der Waals surface area contributed by atoms with E-state index in [4.69, 9.17) is 26.6 Å². The van der Waals surface area contributed by atoms with E-state index in [9.17, 15) is 0 Å². The fourth-order valence-electron chi connectivity index (χ4n) is 6.32. The maximum Gasteiger partial charge on any atom is 0.164 e. The van der Waals surface area contributed by atoms with Gasteiger partial charge in [-0.15, -0.1) is 11.3 Å². The van der Waals surface area contributed by atoms with Crippen LogP contribution in [0.1, 0.15) is 0 Å². The minimum atomic E-state index is 0.617. The standard InChI is InChI=1S/C39H22ClN3S/c40-34-17-8-14-28-29(34)15-7-16-32(28)38-41-37(24-19-20-31-30-13-5-6-18-35(30)44-36(31)22-24)42-39(43-38)33-21-23-9-1-2-10-25(23)26-11-3-4-12-27(26)33/h1-22H. The summed E-state index contributed by atoms with van der Waals surface area (Å²) in [5.41, 5.74) is 2.85. The predicted octanol–water partition coefficient (Wildman–Crippen LogP) is 11.4. The van der Waals surface area contributed by atoms with E-state index in [2.05, 4.69) is 109 Å². The van der Waals surface area contributed by atoms with Crippen LogP contribution in [0.4, 0.5) is 0 Å². The van der Waals surface area contributed by atoms with Crippen molar-refractivity contribution in [2.45, 2.75) is 0 Å². The van der Waals surface area contributed by atoms with Crippen molar-refractivity contribution in [1.29, 1.82) is 0 Å². The highest BCUT2D eigenvalue weighted by atomic mass is 35.5. The van der Waals surface area contributed by atoms with Crippen LogP contribution in [0.2, 0.25) is 5.02 Å². The van der Waals surface area contributed by atoms with Crippen molar-refractivity contribution in [2.24, 2.45) is 0 Å². The normalized spacial score (nSPS) is 11.8. The molecule has 0 aliphatic heterocycles. The molecule has 0 N–H and O–H groups in total. The van der Waals surface area contributed by atoms with Gasteiger partial charge in [0.2, 0.25) is 0 Å². The second-order valence-electron chi connectivity index (χ2n) is 10.9. The molecule has 3 nitrogen and oxygen atoms in total. The maximum atomic E-state index is 6.63. The highest BCUT2D eigenvalue weighted by Gasteiger charge is 2.18. The Hall–Kier alpha value is -5.16. The highest BCUT2D eigenvalue weighted by molar-refractivity contribution is 7.25. The number of benzene rings is 7. The van der Waals surface area contributed by atoms with Crippen LogP contribution >= 0.6 is 22.9 Å². The van der Waals surface area contributed by atoms with Crippen molar-refractivity contribution < 1.29 is 0 Å². The van der Waals surface area contributed by atoms with Gasteiger partial charge in [0.15, 0.2) is 17.5 Å². The molecule has 0 unspecified atom stereocenters. The van der Waals surface area contributed by atoms with Crippen molar-refractivity contribution >= 4 is 75.4 Å². The Morgan fingerprint density at radius 1 is 0.409 bits per heavy atom. The Balaban J connectivity index is 1.34. The van der Waals surface area contributed by atoms with Gasteiger partial charge in [0, 0.05) is 47.3 Å². The molecule has 0 fully saturated rings. The molecule has 2 heterocycles. The molecule has 0 aliphatic rings. The minimum Gasteiger partial charge on any atom is -0.208 e. The first-order valence-electron chi connectivity index (χ1n) is 14.5. The van der Waals surface area contributed by atoms with Gasteiger partial charge in [-0.05, 0) is 51.2 Å². The number of hydrogen-bond acceptors (Lipinski definition) is 4. The van der Waals surface area contributed by atoms with E-state index in [1.165, 1.54) is 30.9 Å². The van der Waals surface area contributed by atoms with Gasteiger partial charge < -0.3 is 0 Å². The number of nitrogens with zero attached hydrogens (tertiary/aromatic N) is 3. The van der Waals surface area contributed by atoms with E-state index in [0.717, 1.165) is 38.2 Å². The Labute approximate surface area is 262 Å². The molecule has 0 radical (unpaired) electrons. The lowest BCUT2D eigenvalue weighted by Crippen LogP contribution is -2.01. The zero-order valence-electron chi connectivity index (χ0n) is 23.3. The van der Waals surface area contributed by atoms with Crippen molar-refractivity contribution in [1.82, 2.24) is 15.0 Å². The third kappa shape index (κ3) is 3.99. The zero-order valence-corrected chi connectivity index (χ0v) is 24.9. The number of rotatable bonds is 3. The third-order valence-electron chi connectivity index (χ3n) is 8.39. The van der Waals surface area contributed by atoms with Crippen molar-refractivity contribution in [3.63, 3.8) is 0 Å². The second-order valence-corrected chi connectivity index (χ2v) is 12.4. The summed E-state index contributed by atoms with van der Waals surface area (Å²) in [6.07, 6.45) is 0. The van der Waals surface area contributed by atoms with Crippen LogP contribution in [-0.2, 0) is 0 Å². The fraction of sp³-hybridized carbons (Fsp3) is 0. The monoisotopic (exact) mass is 599 g/mol. The summed E-state index contributed by atoms with van der Waals surface area (Å²) in [4.78, 5) is 15.5. The van der Waals surface area contributed by atoms with Crippen molar-refractivity contribution in [2.75, 3.05) is 0 Å². The average Bonchev–Trinajstić information content (AvgIpc) is 3.46. The molecule has 0 amide bonds. The zero-order chi connectivity index (χ0) is 29.2. The van der Waals surface area contributed by atoms with E-state index in [-0.39, 0.29) is 0 Å². The van der Waals surface area contributed by atoms with Crippen molar-refractivity contribution in [3.05, 3.63) is 138 Å². The van der Waals surface area contributed by atoms with Gasteiger partial charge in [0.05, 0.1) is 0 Å². The van der Waals surface area contributed by atoms with Gasteiger partial charge in [-0.1, -0.05) is 121 Å². The second kappa shape index (κ2) is 9.95. The van der Waals surface area contributed by atoms with Gasteiger partial charge in [0.25, 0.3) is 0 Å². The number of fused-ring (bicyclic) bond motifs is 7. The molecule has 2 aromatic heterocycles. The first-order chi connectivity index (χ1) is 21.7. The Bertz CT molecular complexity index is 2590. The van der Waals surface area contributed by atoms with Crippen LogP contribution < -0.4 is 0 Å². The lowest BCUT2D eigenvalue weighted by Gasteiger charge is -2.13. The molecular formula is C39H22ClN3S. The van der Waals surface area contributed by atoms with Crippen molar-refractivity contribution in [3.8, 4) is 34.2 Å². The predicted molar refractivity (Wildman–Crippen MR) is 187 cm³/mol. The lowest BCUT2D eigenvalue weighted by atomic mass is 9.96. The molecule has 0 bridgehead atoms. The minimum absolute atomic E-state index is 0.617. The first kappa shape index (κ1) is 25.3. The molecule has 9 aromatic rings. The van der Waals surface area contributed by atoms with Crippen LogP contribution in [0.15, 0.2) is 133 Å². The highest BCUT2D eigenvalue weighted by Crippen LogP contribution is 2.39. The third-order valence-corrected chi connectivity index (χ3v) is 9.85. The van der Waals surface area contributed by atoms with E-state index in [1.807, 2.05) is 24.3 Å². The van der Waals surface area contributed by atoms with E-state index in [0.29, 0.717) is 22.5 Å². The van der Waals surface area contributed by atoms with E-state index in [1.54, 1.807) is 11.3 Å². The van der Waals surface area contributed by atoms with Crippen LogP contribution in [0.5, 0.6) is 0 Å². The molecule has 0 saturated carbocycles. The Morgan fingerprint density at radius 3 is 1.91 bits per heavy atom. The lowest BCUT2D eigenvalue weighted by molar-refractivity contribution is 1.08. The summed E-state index contributed by atoms with van der Waals surface area (Å²) in [6, 6.07) is 46.3. The van der Waals surface area contributed by atoms with Crippen LogP contribution in [0, 0.1) is 0 Å². The molecule has 0 saturated heterocycles. The SMILES string of the molecule is Clc1cccc2c(-c3nc(-c4ccc5c(c4)sc4ccccc45)nc(-c4cc5ccccc5c5ccccc45)n3)cccc12. The topological polar surface area (TPSA) is 38.7 Å². The van der Waals surface area contributed by atoms with Crippen LogP contribution in [0.25, 0.3) is 86.7 Å². The van der Waals surface area contributed by atoms with Crippen LogP contribution in [0.3, 0.4) is 0 Å². The number of aromatic nitrogens is 3. The van der Waals surface area contributed by atoms with E-state index >= 15 is 0 Å². The summed E-state index contributed by atoms with van der Waals surface area (Å²) < 4.78 is 2.48. The summed E-state index contributed by atoms with van der Waals surface area (Å²) in [6.45, 7) is 0. The molecule has 0 spiro atoms. The van der Waals surface area contributed by atoms with Crippen LogP contribution in [-0.4, -0.2) is 15.0 Å². The smallest absolute Gasteiger partial charge is 0.164 e. The summed E-state index contributed by atoms with van der Waals surface area (Å²) in [7, 11) is 0. The van der Waals surface area contributed by atoms with Gasteiger partial charge in [0.1, 0.15) is 0 Å². The molecular weight excluding hydrogens is 578 g/mol. The van der Waals surface area contributed by atoms with Gasteiger partial charge in [-0.25, -0.2) is 15.0 Å². The summed E-state index contributed by atoms with van der Waals surface area (Å²) in [5, 5.41) is 9.83. The van der Waals surface area contributed by atoms with Gasteiger partial charge >= 0.3 is 0 Å². The molecule has 44 heavy (non-hydrogen) atoms.